The van der Waals surface area contributed by atoms with E-state index in [0.29, 0.717) is 28.7 Å². The molecule has 1 amide bonds. The van der Waals surface area contributed by atoms with Gasteiger partial charge in [0.1, 0.15) is 12.3 Å². The average molecular weight is 457 g/mol. The van der Waals surface area contributed by atoms with E-state index in [4.69, 9.17) is 30.3 Å². The van der Waals surface area contributed by atoms with Gasteiger partial charge in [-0.05, 0) is 31.2 Å². The van der Waals surface area contributed by atoms with Gasteiger partial charge in [0, 0.05) is 10.6 Å². The number of carbonyl (C=O) groups excluding carboxylic acids is 2. The largest absolute Gasteiger partial charge is 0.486 e. The highest BCUT2D eigenvalue weighted by atomic mass is 35.5. The number of nitrogens with zero attached hydrogens (tertiary/aromatic N) is 1. The lowest BCUT2D eigenvalue weighted by Crippen LogP contribution is -2.21. The summed E-state index contributed by atoms with van der Waals surface area (Å²) in [6.07, 6.45) is 1.60. The Hall–Kier alpha value is -3.78. The highest BCUT2D eigenvalue weighted by Crippen LogP contribution is 2.31. The first-order valence-corrected chi connectivity index (χ1v) is 10.1. The Kier molecular flexibility index (Phi) is 7.88. The van der Waals surface area contributed by atoms with Gasteiger partial charge >= 0.3 is 5.97 Å². The predicted molar refractivity (Wildman–Crippen MR) is 119 cm³/mol. The number of esters is 1. The fourth-order valence-electron chi connectivity index (χ4n) is 2.72. The smallest absolute Gasteiger partial charge is 0.346 e. The third-order valence-corrected chi connectivity index (χ3v) is 4.36. The van der Waals surface area contributed by atoms with E-state index < -0.39 is 11.9 Å². The summed E-state index contributed by atoms with van der Waals surface area (Å²) < 4.78 is 21.4. The van der Waals surface area contributed by atoms with E-state index in [-0.39, 0.29) is 30.4 Å². The second kappa shape index (κ2) is 11.0. The fourth-order valence-corrected chi connectivity index (χ4v) is 2.84. The van der Waals surface area contributed by atoms with Gasteiger partial charge in [-0.2, -0.15) is 0 Å². The van der Waals surface area contributed by atoms with Gasteiger partial charge in [-0.1, -0.05) is 53.7 Å². The topological polar surface area (TPSA) is 99.9 Å². The maximum atomic E-state index is 12.5. The molecule has 0 spiro atoms. The third-order valence-electron chi connectivity index (χ3n) is 4.11. The van der Waals surface area contributed by atoms with Gasteiger partial charge in [0.15, 0.2) is 23.7 Å². The maximum Gasteiger partial charge on any atom is 0.346 e. The summed E-state index contributed by atoms with van der Waals surface area (Å²) in [4.78, 5) is 25.0. The molecule has 0 atom stereocenters. The fraction of sp³-hybridized carbons (Fsp3) is 0.174. The summed E-state index contributed by atoms with van der Waals surface area (Å²) in [5, 5.41) is 6.97. The van der Waals surface area contributed by atoms with Crippen LogP contribution in [0.4, 0.5) is 5.88 Å². The number of rotatable bonds is 10. The number of aromatic nitrogens is 1. The van der Waals surface area contributed by atoms with E-state index in [1.54, 1.807) is 61.5 Å². The van der Waals surface area contributed by atoms with Crippen LogP contribution in [0.2, 0.25) is 5.02 Å². The number of benzene rings is 2. The van der Waals surface area contributed by atoms with Crippen LogP contribution < -0.4 is 14.8 Å². The van der Waals surface area contributed by atoms with Gasteiger partial charge in [0.2, 0.25) is 5.88 Å². The lowest BCUT2D eigenvalue weighted by molar-refractivity contribution is -0.118. The highest BCUT2D eigenvalue weighted by Gasteiger charge is 2.26. The molecule has 0 saturated heterocycles. The minimum Gasteiger partial charge on any atom is -0.486 e. The zero-order chi connectivity index (χ0) is 22.9. The molecule has 0 unspecified atom stereocenters. The van der Waals surface area contributed by atoms with E-state index in [1.807, 2.05) is 0 Å². The molecule has 3 aromatic rings. The van der Waals surface area contributed by atoms with Crippen LogP contribution >= 0.6 is 11.6 Å². The minimum atomic E-state index is -0.682. The molecule has 0 aliphatic rings. The summed E-state index contributed by atoms with van der Waals surface area (Å²) in [6, 6.07) is 13.6. The molecule has 9 heteroatoms. The number of hydrogen-bond donors (Lipinski definition) is 1. The SMILES string of the molecule is C=CCOc1ccccc1OCC(=O)Nc1onc(-c2ccc(Cl)cc2)c1C(=O)OCC. The molecule has 8 nitrogen and oxygen atoms in total. The summed E-state index contributed by atoms with van der Waals surface area (Å²) in [7, 11) is 0. The van der Waals surface area contributed by atoms with Crippen LogP contribution in [-0.4, -0.2) is 36.9 Å². The number of halogens is 1. The van der Waals surface area contributed by atoms with Crippen molar-refractivity contribution in [1.82, 2.24) is 5.16 Å². The molecular formula is C23H21ClN2O6. The Balaban J connectivity index is 1.77. The number of nitrogens with one attached hydrogen (secondary N) is 1. The second-order valence-electron chi connectivity index (χ2n) is 6.35. The second-order valence-corrected chi connectivity index (χ2v) is 6.78. The van der Waals surface area contributed by atoms with Crippen molar-refractivity contribution in [3.63, 3.8) is 0 Å². The van der Waals surface area contributed by atoms with Crippen molar-refractivity contribution in [2.45, 2.75) is 6.92 Å². The van der Waals surface area contributed by atoms with Crippen LogP contribution in [0.25, 0.3) is 11.3 Å². The van der Waals surface area contributed by atoms with Crippen molar-refractivity contribution in [2.24, 2.45) is 0 Å². The number of ether oxygens (including phenoxy) is 3. The Morgan fingerprint density at radius 2 is 1.81 bits per heavy atom. The monoisotopic (exact) mass is 456 g/mol. The number of amides is 1. The Morgan fingerprint density at radius 1 is 1.12 bits per heavy atom. The van der Waals surface area contributed by atoms with Crippen molar-refractivity contribution in [1.29, 1.82) is 0 Å². The third kappa shape index (κ3) is 5.67. The van der Waals surface area contributed by atoms with Gasteiger partial charge in [0.05, 0.1) is 6.61 Å². The quantitative estimate of drug-likeness (QED) is 0.347. The number of carbonyl (C=O) groups is 2. The zero-order valence-corrected chi connectivity index (χ0v) is 18.1. The predicted octanol–water partition coefficient (Wildman–Crippen LogP) is 4.75. The molecule has 1 N–H and O–H groups in total. The van der Waals surface area contributed by atoms with Crippen LogP contribution in [0.1, 0.15) is 17.3 Å². The zero-order valence-electron chi connectivity index (χ0n) is 17.3. The summed E-state index contributed by atoms with van der Waals surface area (Å²) in [6.45, 7) is 5.35. The molecule has 0 saturated carbocycles. The lowest BCUT2D eigenvalue weighted by atomic mass is 10.1. The van der Waals surface area contributed by atoms with Crippen LogP contribution in [0.15, 0.2) is 65.7 Å². The van der Waals surface area contributed by atoms with Crippen molar-refractivity contribution in [3.8, 4) is 22.8 Å². The minimum absolute atomic E-state index is 0.00256. The highest BCUT2D eigenvalue weighted by molar-refractivity contribution is 6.30. The van der Waals surface area contributed by atoms with Gasteiger partial charge < -0.3 is 18.7 Å². The standard InChI is InChI=1S/C23H21ClN2O6/c1-3-13-30-17-7-5-6-8-18(17)31-14-19(27)25-22-20(23(28)29-4-2)21(26-32-22)15-9-11-16(24)12-10-15/h3,5-12H,1,4,13-14H2,2H3,(H,25,27). The molecular weight excluding hydrogens is 436 g/mol. The van der Waals surface area contributed by atoms with Gasteiger partial charge in [-0.3, -0.25) is 10.1 Å². The van der Waals surface area contributed by atoms with Crippen LogP contribution in [0, 0.1) is 0 Å². The van der Waals surface area contributed by atoms with Crippen molar-refractivity contribution in [2.75, 3.05) is 25.1 Å². The molecule has 166 valence electrons. The first-order chi connectivity index (χ1) is 15.5. The Morgan fingerprint density at radius 3 is 2.47 bits per heavy atom. The first kappa shape index (κ1) is 22.9. The van der Waals surface area contributed by atoms with Gasteiger partial charge in [-0.15, -0.1) is 0 Å². The normalized spacial score (nSPS) is 10.3. The number of anilines is 1. The van der Waals surface area contributed by atoms with E-state index >= 15 is 0 Å². The van der Waals surface area contributed by atoms with Crippen LogP contribution in [0.3, 0.4) is 0 Å². The molecule has 0 radical (unpaired) electrons. The van der Waals surface area contributed by atoms with Gasteiger partial charge in [-0.25, -0.2) is 4.79 Å². The average Bonchev–Trinajstić information content (AvgIpc) is 3.21. The van der Waals surface area contributed by atoms with Crippen molar-refractivity contribution >= 4 is 29.4 Å². The molecule has 0 bridgehead atoms. The molecule has 1 heterocycles. The molecule has 3 rings (SSSR count). The van der Waals surface area contributed by atoms with E-state index in [1.165, 1.54) is 0 Å². The molecule has 0 aliphatic heterocycles. The number of para-hydroxylation sites is 2. The van der Waals surface area contributed by atoms with E-state index in [9.17, 15) is 9.59 Å². The Labute approximate surface area is 189 Å². The van der Waals surface area contributed by atoms with Crippen LogP contribution in [0.5, 0.6) is 11.5 Å². The van der Waals surface area contributed by atoms with Crippen LogP contribution in [-0.2, 0) is 9.53 Å². The first-order valence-electron chi connectivity index (χ1n) is 9.71. The summed E-state index contributed by atoms with van der Waals surface area (Å²) in [5.74, 6) is -0.532. The number of hydrogen-bond acceptors (Lipinski definition) is 7. The van der Waals surface area contributed by atoms with Gasteiger partial charge in [0.25, 0.3) is 5.91 Å². The van der Waals surface area contributed by atoms with Crippen molar-refractivity contribution in [3.05, 3.63) is 71.8 Å². The molecule has 0 fully saturated rings. The van der Waals surface area contributed by atoms with Crippen molar-refractivity contribution < 1.29 is 28.3 Å². The molecule has 0 aliphatic carbocycles. The van der Waals surface area contributed by atoms with E-state index in [0.717, 1.165) is 0 Å². The van der Waals surface area contributed by atoms with E-state index in [2.05, 4.69) is 17.1 Å². The summed E-state index contributed by atoms with van der Waals surface area (Å²) >= 11 is 5.93. The molecule has 2 aromatic carbocycles. The molecule has 32 heavy (non-hydrogen) atoms. The maximum absolute atomic E-state index is 12.5. The lowest BCUT2D eigenvalue weighted by Gasteiger charge is -2.11. The molecule has 1 aromatic heterocycles. The Bertz CT molecular complexity index is 1090. The summed E-state index contributed by atoms with van der Waals surface area (Å²) in [5.41, 5.74) is 0.794.